The van der Waals surface area contributed by atoms with E-state index in [1.807, 2.05) is 37.3 Å². The zero-order chi connectivity index (χ0) is 21.9. The van der Waals surface area contributed by atoms with Crippen LogP contribution in [-0.4, -0.2) is 38.2 Å². The molecule has 160 valence electrons. The smallest absolute Gasteiger partial charge is 0.253 e. The first kappa shape index (κ1) is 22.3. The lowest BCUT2D eigenvalue weighted by Crippen LogP contribution is -2.32. The maximum absolute atomic E-state index is 12.6. The van der Waals surface area contributed by atoms with Crippen LogP contribution in [0.15, 0.2) is 48.0 Å². The van der Waals surface area contributed by atoms with Gasteiger partial charge in [0.05, 0.1) is 11.6 Å². The Balaban J connectivity index is 1.77. The minimum atomic E-state index is -3.23. The molecule has 0 aliphatic carbocycles. The minimum Gasteiger partial charge on any atom is -0.350 e. The summed E-state index contributed by atoms with van der Waals surface area (Å²) in [5.74, 6) is 0.526. The summed E-state index contributed by atoms with van der Waals surface area (Å²) < 4.78 is 22.5. The normalized spacial score (nSPS) is 18.0. The van der Waals surface area contributed by atoms with Crippen LogP contribution >= 0.6 is 11.6 Å². The summed E-state index contributed by atoms with van der Waals surface area (Å²) in [4.78, 5) is 19.4. The predicted octanol–water partition coefficient (Wildman–Crippen LogP) is 4.06. The van der Waals surface area contributed by atoms with Crippen molar-refractivity contribution in [2.45, 2.75) is 38.8 Å². The molecule has 2 heterocycles. The zero-order valence-corrected chi connectivity index (χ0v) is 18.9. The van der Waals surface area contributed by atoms with Gasteiger partial charge in [0.25, 0.3) is 5.91 Å². The first-order valence-corrected chi connectivity index (χ1v) is 12.2. The molecule has 30 heavy (non-hydrogen) atoms. The van der Waals surface area contributed by atoms with E-state index in [-0.39, 0.29) is 11.9 Å². The van der Waals surface area contributed by atoms with Crippen molar-refractivity contribution in [3.63, 3.8) is 0 Å². The molecule has 1 amide bonds. The van der Waals surface area contributed by atoms with E-state index in [0.29, 0.717) is 5.56 Å². The first-order valence-electron chi connectivity index (χ1n) is 9.82. The van der Waals surface area contributed by atoms with Crippen molar-refractivity contribution in [2.24, 2.45) is 0 Å². The maximum atomic E-state index is 12.6. The van der Waals surface area contributed by atoms with Crippen LogP contribution < -0.4 is 10.2 Å². The van der Waals surface area contributed by atoms with E-state index in [4.69, 9.17) is 11.6 Å². The maximum Gasteiger partial charge on any atom is 0.253 e. The molecular weight excluding hydrogens is 422 g/mol. The van der Waals surface area contributed by atoms with Gasteiger partial charge in [0.15, 0.2) is 9.84 Å². The molecule has 0 spiro atoms. The lowest BCUT2D eigenvalue weighted by Gasteiger charge is -2.27. The van der Waals surface area contributed by atoms with Gasteiger partial charge >= 0.3 is 0 Å². The van der Waals surface area contributed by atoms with Gasteiger partial charge in [0.2, 0.25) is 0 Å². The van der Waals surface area contributed by atoms with Gasteiger partial charge in [0.1, 0.15) is 5.82 Å². The summed E-state index contributed by atoms with van der Waals surface area (Å²) in [6.45, 7) is 4.47. The second-order valence-electron chi connectivity index (χ2n) is 7.65. The van der Waals surface area contributed by atoms with Crippen molar-refractivity contribution in [1.82, 2.24) is 10.3 Å². The largest absolute Gasteiger partial charge is 0.350 e. The number of carbonyl (C=O) groups excluding carboxylic acids is 1. The van der Waals surface area contributed by atoms with Crippen molar-refractivity contribution in [3.05, 3.63) is 69.7 Å². The Hall–Kier alpha value is -2.38. The number of anilines is 1. The number of hydrogen-bond acceptors (Lipinski definition) is 5. The van der Waals surface area contributed by atoms with Crippen LogP contribution in [0.3, 0.4) is 0 Å². The molecule has 3 rings (SSSR count). The van der Waals surface area contributed by atoms with Crippen molar-refractivity contribution < 1.29 is 13.2 Å². The molecule has 8 heteroatoms. The van der Waals surface area contributed by atoms with Gasteiger partial charge in [-0.1, -0.05) is 35.9 Å². The third-order valence-corrected chi connectivity index (χ3v) is 6.12. The Labute approximate surface area is 182 Å². The van der Waals surface area contributed by atoms with Gasteiger partial charge in [-0.25, -0.2) is 13.4 Å². The Bertz CT molecular complexity index is 1070. The summed E-state index contributed by atoms with van der Waals surface area (Å²) >= 11 is 6.41. The van der Waals surface area contributed by atoms with E-state index in [2.05, 4.69) is 15.2 Å². The lowest BCUT2D eigenvalue weighted by molar-refractivity contribution is 0.0946. The number of halogens is 1. The molecule has 1 fully saturated rings. The second-order valence-corrected chi connectivity index (χ2v) is 9.99. The van der Waals surface area contributed by atoms with E-state index in [1.54, 1.807) is 13.1 Å². The van der Waals surface area contributed by atoms with Gasteiger partial charge in [-0.2, -0.15) is 0 Å². The van der Waals surface area contributed by atoms with E-state index in [1.165, 1.54) is 6.08 Å². The summed E-state index contributed by atoms with van der Waals surface area (Å²) in [5, 5.41) is 4.62. The van der Waals surface area contributed by atoms with Crippen molar-refractivity contribution in [1.29, 1.82) is 0 Å². The molecule has 6 nitrogen and oxygen atoms in total. The van der Waals surface area contributed by atoms with E-state index in [0.717, 1.165) is 53.0 Å². The average Bonchev–Trinajstić information content (AvgIpc) is 3.15. The van der Waals surface area contributed by atoms with E-state index >= 15 is 0 Å². The van der Waals surface area contributed by atoms with Gasteiger partial charge < -0.3 is 10.2 Å². The summed E-state index contributed by atoms with van der Waals surface area (Å²) in [6.07, 6.45) is 6.18. The molecule has 1 saturated heterocycles. The predicted molar refractivity (Wildman–Crippen MR) is 121 cm³/mol. The molecule has 1 aliphatic heterocycles. The quantitative estimate of drug-likeness (QED) is 0.722. The molecule has 0 saturated carbocycles. The zero-order valence-electron chi connectivity index (χ0n) is 17.3. The van der Waals surface area contributed by atoms with Crippen LogP contribution in [0.2, 0.25) is 5.02 Å². The highest BCUT2D eigenvalue weighted by Crippen LogP contribution is 2.38. The van der Waals surface area contributed by atoms with E-state index < -0.39 is 15.9 Å². The monoisotopic (exact) mass is 447 g/mol. The van der Waals surface area contributed by atoms with Gasteiger partial charge in [-0.15, -0.1) is 0 Å². The van der Waals surface area contributed by atoms with Crippen molar-refractivity contribution in [2.75, 3.05) is 17.7 Å². The van der Waals surface area contributed by atoms with Crippen LogP contribution in [0.4, 0.5) is 5.82 Å². The highest BCUT2D eigenvalue weighted by Gasteiger charge is 2.29. The molecule has 1 aromatic heterocycles. The molecule has 0 bridgehead atoms. The van der Waals surface area contributed by atoms with Crippen molar-refractivity contribution in [3.8, 4) is 0 Å². The van der Waals surface area contributed by atoms with Gasteiger partial charge in [-0.3, -0.25) is 4.79 Å². The number of amides is 1. The molecule has 1 aromatic carbocycles. The number of carbonyl (C=O) groups is 1. The number of benzene rings is 1. The third kappa shape index (κ3) is 5.40. The number of aromatic nitrogens is 1. The van der Waals surface area contributed by atoms with Gasteiger partial charge in [0, 0.05) is 35.5 Å². The SMILES string of the molecule is Cc1cc(N2CCC[C@H]2c2ccccc2Cl)ncc1C(=O)N[C@H](C)/C=C/S(C)(=O)=O. The number of pyridine rings is 1. The highest BCUT2D eigenvalue weighted by molar-refractivity contribution is 7.93. The Kier molecular flexibility index (Phi) is 6.83. The minimum absolute atomic E-state index is 0.159. The van der Waals surface area contributed by atoms with Crippen LogP contribution in [0, 0.1) is 6.92 Å². The van der Waals surface area contributed by atoms with Crippen LogP contribution in [0.25, 0.3) is 0 Å². The summed E-state index contributed by atoms with van der Waals surface area (Å²) in [6, 6.07) is 9.52. The number of rotatable bonds is 6. The standard InChI is InChI=1S/C22H26ClN3O3S/c1-15-13-21(26-11-6-9-20(26)17-7-4-5-8-19(17)23)24-14-18(15)22(27)25-16(2)10-12-30(3,28)29/h4-5,7-8,10,12-14,16,20H,6,9,11H2,1-3H3,(H,25,27)/b12-10+/t16-,20+/m1/s1. The Morgan fingerprint density at radius 2 is 2.10 bits per heavy atom. The van der Waals surface area contributed by atoms with Crippen LogP contribution in [0.5, 0.6) is 0 Å². The van der Waals surface area contributed by atoms with Crippen LogP contribution in [0.1, 0.15) is 47.3 Å². The number of hydrogen-bond donors (Lipinski definition) is 1. The number of nitrogens with zero attached hydrogens (tertiary/aromatic N) is 2. The fraction of sp³-hybridized carbons (Fsp3) is 0.364. The third-order valence-electron chi connectivity index (χ3n) is 5.13. The fourth-order valence-corrected chi connectivity index (χ4v) is 4.42. The Morgan fingerprint density at radius 1 is 1.37 bits per heavy atom. The summed E-state index contributed by atoms with van der Waals surface area (Å²) in [5.41, 5.74) is 2.36. The first-order chi connectivity index (χ1) is 14.2. The molecule has 0 unspecified atom stereocenters. The molecular formula is C22H26ClN3O3S. The van der Waals surface area contributed by atoms with Crippen molar-refractivity contribution >= 4 is 33.2 Å². The average molecular weight is 448 g/mol. The molecule has 2 atom stereocenters. The highest BCUT2D eigenvalue weighted by atomic mass is 35.5. The van der Waals surface area contributed by atoms with E-state index in [9.17, 15) is 13.2 Å². The molecule has 1 aliphatic rings. The molecule has 2 aromatic rings. The second kappa shape index (κ2) is 9.18. The number of nitrogens with one attached hydrogen (secondary N) is 1. The topological polar surface area (TPSA) is 79.4 Å². The molecule has 0 radical (unpaired) electrons. The Morgan fingerprint density at radius 3 is 2.77 bits per heavy atom. The van der Waals surface area contributed by atoms with Crippen LogP contribution in [-0.2, 0) is 9.84 Å². The lowest BCUT2D eigenvalue weighted by atomic mass is 10.0. The number of sulfone groups is 1. The summed E-state index contributed by atoms with van der Waals surface area (Å²) in [7, 11) is -3.23. The fourth-order valence-electron chi connectivity index (χ4n) is 3.64. The van der Waals surface area contributed by atoms with Gasteiger partial charge in [-0.05, 0) is 49.9 Å². The molecule has 1 N–H and O–H groups in total. The number of aryl methyl sites for hydroxylation is 1.